The summed E-state index contributed by atoms with van der Waals surface area (Å²) in [7, 11) is 0. The van der Waals surface area contributed by atoms with E-state index in [0.717, 1.165) is 36.9 Å². The molecule has 2 amide bonds. The second-order valence-corrected chi connectivity index (χ2v) is 6.67. The average molecular weight is 354 g/mol. The van der Waals surface area contributed by atoms with Crippen LogP contribution < -0.4 is 16.4 Å². The average Bonchev–Trinajstić information content (AvgIpc) is 2.43. The normalized spacial score (nSPS) is 16.3. The van der Waals surface area contributed by atoms with Gasteiger partial charge in [-0.2, -0.15) is 0 Å². The summed E-state index contributed by atoms with van der Waals surface area (Å²) in [5.41, 5.74) is 6.89. The topological polar surface area (TPSA) is 84.2 Å². The van der Waals surface area contributed by atoms with Gasteiger partial charge in [-0.25, -0.2) is 0 Å². The maximum absolute atomic E-state index is 12.1. The SMILES string of the molecule is CCCC(C)(N)C(=O)NCc1cccc(NC(=O)C2CCC2)c1.Cl. The standard InChI is InChI=1S/C18H27N3O2.ClH/c1-3-10-18(2,19)17(23)20-12-13-6-4-9-15(11-13)21-16(22)14-7-5-8-14;/h4,6,9,11,14H,3,5,7-8,10,12,19H2,1-2H3,(H,20,23)(H,21,22);1H. The van der Waals surface area contributed by atoms with E-state index in [1.807, 2.05) is 31.2 Å². The van der Waals surface area contributed by atoms with Gasteiger partial charge in [-0.15, -0.1) is 12.4 Å². The van der Waals surface area contributed by atoms with Crippen LogP contribution in [-0.4, -0.2) is 17.4 Å². The summed E-state index contributed by atoms with van der Waals surface area (Å²) in [5.74, 6) is 0.100. The van der Waals surface area contributed by atoms with Crippen molar-refractivity contribution >= 4 is 29.9 Å². The molecule has 1 aromatic carbocycles. The molecule has 1 unspecified atom stereocenters. The summed E-state index contributed by atoms with van der Waals surface area (Å²) < 4.78 is 0. The van der Waals surface area contributed by atoms with Crippen molar-refractivity contribution in [3.05, 3.63) is 29.8 Å². The van der Waals surface area contributed by atoms with E-state index in [2.05, 4.69) is 10.6 Å². The van der Waals surface area contributed by atoms with Crippen LogP contribution in [-0.2, 0) is 16.1 Å². The summed E-state index contributed by atoms with van der Waals surface area (Å²) in [5, 5.41) is 5.82. The molecule has 0 aliphatic heterocycles. The van der Waals surface area contributed by atoms with Crippen LogP contribution in [0.1, 0.15) is 51.5 Å². The Morgan fingerprint density at radius 1 is 1.33 bits per heavy atom. The molecule has 0 aromatic heterocycles. The van der Waals surface area contributed by atoms with Gasteiger partial charge in [-0.05, 0) is 43.9 Å². The Morgan fingerprint density at radius 2 is 2.04 bits per heavy atom. The monoisotopic (exact) mass is 353 g/mol. The predicted molar refractivity (Wildman–Crippen MR) is 99.0 cm³/mol. The van der Waals surface area contributed by atoms with Crippen molar-refractivity contribution in [2.75, 3.05) is 5.32 Å². The van der Waals surface area contributed by atoms with Crippen LogP contribution in [0.15, 0.2) is 24.3 Å². The van der Waals surface area contributed by atoms with Gasteiger partial charge in [-0.1, -0.05) is 31.9 Å². The van der Waals surface area contributed by atoms with E-state index in [4.69, 9.17) is 5.73 Å². The largest absolute Gasteiger partial charge is 0.350 e. The molecule has 24 heavy (non-hydrogen) atoms. The predicted octanol–water partition coefficient (Wildman–Crippen LogP) is 2.98. The Bertz CT molecular complexity index is 571. The lowest BCUT2D eigenvalue weighted by Gasteiger charge is -2.24. The van der Waals surface area contributed by atoms with Crippen LogP contribution in [0.25, 0.3) is 0 Å². The van der Waals surface area contributed by atoms with E-state index >= 15 is 0 Å². The number of benzene rings is 1. The van der Waals surface area contributed by atoms with E-state index in [1.54, 1.807) is 6.92 Å². The zero-order valence-corrected chi connectivity index (χ0v) is 15.2. The zero-order chi connectivity index (χ0) is 16.9. The maximum atomic E-state index is 12.1. The lowest BCUT2D eigenvalue weighted by molar-refractivity contribution is -0.126. The molecule has 0 radical (unpaired) electrons. The van der Waals surface area contributed by atoms with Crippen molar-refractivity contribution < 1.29 is 9.59 Å². The van der Waals surface area contributed by atoms with Crippen molar-refractivity contribution in [2.24, 2.45) is 11.7 Å². The molecule has 2 rings (SSSR count). The second kappa shape index (κ2) is 9.04. The first kappa shape index (κ1) is 20.5. The van der Waals surface area contributed by atoms with Crippen LogP contribution in [0, 0.1) is 5.92 Å². The van der Waals surface area contributed by atoms with E-state index in [1.165, 1.54) is 0 Å². The quantitative estimate of drug-likeness (QED) is 0.704. The van der Waals surface area contributed by atoms with E-state index in [0.29, 0.717) is 13.0 Å². The molecule has 0 heterocycles. The minimum absolute atomic E-state index is 0. The summed E-state index contributed by atoms with van der Waals surface area (Å²) in [6.07, 6.45) is 4.61. The van der Waals surface area contributed by atoms with Crippen molar-refractivity contribution in [1.29, 1.82) is 0 Å². The third-order valence-corrected chi connectivity index (χ3v) is 4.41. The van der Waals surface area contributed by atoms with Crippen molar-refractivity contribution in [3.63, 3.8) is 0 Å². The highest BCUT2D eigenvalue weighted by molar-refractivity contribution is 5.93. The van der Waals surface area contributed by atoms with Crippen LogP contribution in [0.5, 0.6) is 0 Å². The third kappa shape index (κ3) is 5.49. The molecule has 1 aliphatic carbocycles. The zero-order valence-electron chi connectivity index (χ0n) is 14.4. The van der Waals surface area contributed by atoms with Gasteiger partial charge in [-0.3, -0.25) is 9.59 Å². The molecule has 6 heteroatoms. The van der Waals surface area contributed by atoms with Crippen molar-refractivity contribution in [2.45, 2.75) is 58.0 Å². The second-order valence-electron chi connectivity index (χ2n) is 6.67. The number of hydrogen-bond acceptors (Lipinski definition) is 3. The summed E-state index contributed by atoms with van der Waals surface area (Å²) in [6.45, 7) is 4.16. The van der Waals surface area contributed by atoms with Crippen LogP contribution >= 0.6 is 12.4 Å². The van der Waals surface area contributed by atoms with Gasteiger partial charge in [0.25, 0.3) is 0 Å². The van der Waals surface area contributed by atoms with Gasteiger partial charge in [0.2, 0.25) is 11.8 Å². The van der Waals surface area contributed by atoms with Gasteiger partial charge in [0.1, 0.15) is 0 Å². The van der Waals surface area contributed by atoms with Gasteiger partial charge < -0.3 is 16.4 Å². The molecule has 1 aliphatic rings. The Labute approximate surface area is 150 Å². The van der Waals surface area contributed by atoms with Gasteiger partial charge in [0, 0.05) is 18.2 Å². The number of hydrogen-bond donors (Lipinski definition) is 3. The molecule has 1 atom stereocenters. The molecule has 134 valence electrons. The number of carbonyl (C=O) groups excluding carboxylic acids is 2. The molecule has 0 saturated heterocycles. The van der Waals surface area contributed by atoms with E-state index in [-0.39, 0.29) is 30.1 Å². The number of halogens is 1. The van der Waals surface area contributed by atoms with E-state index in [9.17, 15) is 9.59 Å². The number of anilines is 1. The Morgan fingerprint density at radius 3 is 2.62 bits per heavy atom. The fourth-order valence-electron chi connectivity index (χ4n) is 2.69. The summed E-state index contributed by atoms with van der Waals surface area (Å²) in [4.78, 5) is 24.1. The smallest absolute Gasteiger partial charge is 0.240 e. The first-order chi connectivity index (χ1) is 10.9. The number of carbonyl (C=O) groups is 2. The first-order valence-electron chi connectivity index (χ1n) is 8.39. The minimum Gasteiger partial charge on any atom is -0.350 e. The molecule has 0 bridgehead atoms. The molecule has 4 N–H and O–H groups in total. The highest BCUT2D eigenvalue weighted by Crippen LogP contribution is 2.27. The molecule has 5 nitrogen and oxygen atoms in total. The van der Waals surface area contributed by atoms with Gasteiger partial charge >= 0.3 is 0 Å². The van der Waals surface area contributed by atoms with Gasteiger partial charge in [0.05, 0.1) is 5.54 Å². The highest BCUT2D eigenvalue weighted by Gasteiger charge is 2.27. The van der Waals surface area contributed by atoms with Crippen LogP contribution in [0.2, 0.25) is 0 Å². The fraction of sp³-hybridized carbons (Fsp3) is 0.556. The Kier molecular flexibility index (Phi) is 7.70. The molecule has 1 aromatic rings. The fourth-order valence-corrected chi connectivity index (χ4v) is 2.69. The van der Waals surface area contributed by atoms with Crippen molar-refractivity contribution in [1.82, 2.24) is 5.32 Å². The lowest BCUT2D eigenvalue weighted by atomic mass is 9.85. The van der Waals surface area contributed by atoms with Crippen LogP contribution in [0.4, 0.5) is 5.69 Å². The molecule has 1 saturated carbocycles. The molecular weight excluding hydrogens is 326 g/mol. The number of amides is 2. The van der Waals surface area contributed by atoms with Crippen molar-refractivity contribution in [3.8, 4) is 0 Å². The number of nitrogens with two attached hydrogens (primary N) is 1. The molecular formula is C18H28ClN3O2. The first-order valence-corrected chi connectivity index (χ1v) is 8.39. The maximum Gasteiger partial charge on any atom is 0.240 e. The highest BCUT2D eigenvalue weighted by atomic mass is 35.5. The molecule has 1 fully saturated rings. The summed E-state index contributed by atoms with van der Waals surface area (Å²) in [6, 6.07) is 7.56. The third-order valence-electron chi connectivity index (χ3n) is 4.41. The van der Waals surface area contributed by atoms with Crippen LogP contribution in [0.3, 0.4) is 0 Å². The molecule has 0 spiro atoms. The van der Waals surface area contributed by atoms with E-state index < -0.39 is 5.54 Å². The Balaban J connectivity index is 0.00000288. The minimum atomic E-state index is -0.842. The Hall–Kier alpha value is -1.59. The number of nitrogens with one attached hydrogen (secondary N) is 2. The number of rotatable bonds is 7. The van der Waals surface area contributed by atoms with Gasteiger partial charge in [0.15, 0.2) is 0 Å². The summed E-state index contributed by atoms with van der Waals surface area (Å²) >= 11 is 0. The lowest BCUT2D eigenvalue weighted by Crippen LogP contribution is -2.51.